The molecule has 0 aliphatic carbocycles. The van der Waals surface area contributed by atoms with Crippen molar-refractivity contribution < 1.29 is 22.7 Å². The molecule has 0 unspecified atom stereocenters. The van der Waals surface area contributed by atoms with Gasteiger partial charge in [-0.2, -0.15) is 4.31 Å². The van der Waals surface area contributed by atoms with Crippen LogP contribution < -0.4 is 10.6 Å². The molecule has 8 nitrogen and oxygen atoms in total. The monoisotopic (exact) mass is 457 g/mol. The SMILES string of the molecule is O=C(NCc1cccs1)C(=O)NC[C@@H]1OCCCN1S(=O)(=O)c1ccc(Cl)cc1. The first-order valence-corrected chi connectivity index (χ1v) is 11.5. The number of halogens is 1. The molecule has 0 bridgehead atoms. The summed E-state index contributed by atoms with van der Waals surface area (Å²) in [6.45, 7) is 0.715. The minimum atomic E-state index is -3.84. The van der Waals surface area contributed by atoms with Gasteiger partial charge in [-0.15, -0.1) is 11.3 Å². The molecule has 1 aromatic carbocycles. The fourth-order valence-corrected chi connectivity index (χ4v) is 5.10. The number of carbonyl (C=O) groups is 2. The van der Waals surface area contributed by atoms with Gasteiger partial charge in [0.25, 0.3) is 0 Å². The lowest BCUT2D eigenvalue weighted by Gasteiger charge is -2.34. The summed E-state index contributed by atoms with van der Waals surface area (Å²) in [5, 5.41) is 7.26. The Hall–Kier alpha value is -1.98. The molecule has 29 heavy (non-hydrogen) atoms. The maximum Gasteiger partial charge on any atom is 0.309 e. The van der Waals surface area contributed by atoms with Crippen molar-refractivity contribution in [3.8, 4) is 0 Å². The molecule has 1 aliphatic heterocycles. The molecule has 3 rings (SSSR count). The zero-order valence-electron chi connectivity index (χ0n) is 15.3. The molecule has 2 aromatic rings. The number of amides is 2. The molecule has 0 radical (unpaired) electrons. The molecule has 2 heterocycles. The lowest BCUT2D eigenvalue weighted by Crippen LogP contribution is -2.53. The lowest BCUT2D eigenvalue weighted by atomic mass is 10.3. The van der Waals surface area contributed by atoms with Gasteiger partial charge >= 0.3 is 11.8 Å². The number of hydrogen-bond donors (Lipinski definition) is 2. The van der Waals surface area contributed by atoms with E-state index >= 15 is 0 Å². The minimum Gasteiger partial charge on any atom is -0.360 e. The zero-order valence-corrected chi connectivity index (χ0v) is 17.7. The first-order valence-electron chi connectivity index (χ1n) is 8.85. The van der Waals surface area contributed by atoms with Gasteiger partial charge in [0.1, 0.15) is 6.23 Å². The van der Waals surface area contributed by atoms with Gasteiger partial charge in [0.15, 0.2) is 0 Å². The number of carbonyl (C=O) groups excluding carboxylic acids is 2. The van der Waals surface area contributed by atoms with Crippen LogP contribution in [-0.4, -0.2) is 50.5 Å². The number of thiophene rings is 1. The van der Waals surface area contributed by atoms with Crippen molar-refractivity contribution in [1.82, 2.24) is 14.9 Å². The van der Waals surface area contributed by atoms with Gasteiger partial charge in [-0.1, -0.05) is 17.7 Å². The highest BCUT2D eigenvalue weighted by Crippen LogP contribution is 2.23. The number of hydrogen-bond acceptors (Lipinski definition) is 6. The number of sulfonamides is 1. The highest BCUT2D eigenvalue weighted by molar-refractivity contribution is 7.89. The third-order valence-electron chi connectivity index (χ3n) is 4.22. The molecule has 0 spiro atoms. The normalized spacial score (nSPS) is 17.6. The van der Waals surface area contributed by atoms with E-state index in [9.17, 15) is 18.0 Å². The van der Waals surface area contributed by atoms with Crippen LogP contribution in [0.5, 0.6) is 0 Å². The quantitative estimate of drug-likeness (QED) is 0.641. The smallest absolute Gasteiger partial charge is 0.309 e. The van der Waals surface area contributed by atoms with E-state index < -0.39 is 28.1 Å². The van der Waals surface area contributed by atoms with Crippen LogP contribution in [0.1, 0.15) is 11.3 Å². The maximum atomic E-state index is 12.9. The largest absolute Gasteiger partial charge is 0.360 e. The van der Waals surface area contributed by atoms with Gasteiger partial charge in [-0.3, -0.25) is 9.59 Å². The molecule has 11 heteroatoms. The van der Waals surface area contributed by atoms with Crippen molar-refractivity contribution in [1.29, 1.82) is 0 Å². The average Bonchev–Trinajstić information content (AvgIpc) is 3.24. The minimum absolute atomic E-state index is 0.0809. The Morgan fingerprint density at radius 3 is 2.59 bits per heavy atom. The van der Waals surface area contributed by atoms with E-state index in [4.69, 9.17) is 16.3 Å². The molecule has 0 saturated carbocycles. The van der Waals surface area contributed by atoms with Crippen LogP contribution in [0.15, 0.2) is 46.7 Å². The second-order valence-corrected chi connectivity index (χ2v) is 9.58. The fraction of sp³-hybridized carbons (Fsp3) is 0.333. The Morgan fingerprint density at radius 1 is 1.17 bits per heavy atom. The maximum absolute atomic E-state index is 12.9. The molecule has 2 N–H and O–H groups in total. The van der Waals surface area contributed by atoms with E-state index in [-0.39, 0.29) is 24.5 Å². The van der Waals surface area contributed by atoms with Crippen molar-refractivity contribution in [2.75, 3.05) is 19.7 Å². The van der Waals surface area contributed by atoms with E-state index in [0.29, 0.717) is 18.1 Å². The number of nitrogens with zero attached hydrogens (tertiary/aromatic N) is 1. The van der Waals surface area contributed by atoms with Crippen LogP contribution >= 0.6 is 22.9 Å². The topological polar surface area (TPSA) is 105 Å². The predicted octanol–water partition coefficient (Wildman–Crippen LogP) is 1.57. The first kappa shape index (κ1) is 21.7. The summed E-state index contributed by atoms with van der Waals surface area (Å²) in [5.41, 5.74) is 0. The van der Waals surface area contributed by atoms with E-state index in [0.717, 1.165) is 4.88 Å². The van der Waals surface area contributed by atoms with Crippen molar-refractivity contribution in [3.05, 3.63) is 51.7 Å². The summed E-state index contributed by atoms with van der Waals surface area (Å²) in [5.74, 6) is -1.64. The van der Waals surface area contributed by atoms with E-state index in [1.807, 2.05) is 17.5 Å². The van der Waals surface area contributed by atoms with E-state index in [1.165, 1.54) is 39.9 Å². The highest BCUT2D eigenvalue weighted by atomic mass is 35.5. The van der Waals surface area contributed by atoms with Crippen LogP contribution in [0, 0.1) is 0 Å². The summed E-state index contributed by atoms with van der Waals surface area (Å²) in [6.07, 6.45) is -0.378. The summed E-state index contributed by atoms with van der Waals surface area (Å²) >= 11 is 7.30. The molecule has 156 valence electrons. The molecule has 1 aliphatic rings. The standard InChI is InChI=1S/C18H20ClN3O5S2/c19-13-4-6-15(7-5-13)29(25,26)22-8-2-9-27-16(22)12-21-18(24)17(23)20-11-14-3-1-10-28-14/h1,3-7,10,16H,2,8-9,11-12H2,(H,20,23)(H,21,24)/t16-/m0/s1. The molecular formula is C18H20ClN3O5S2. The molecule has 1 aromatic heterocycles. The van der Waals surface area contributed by atoms with Gasteiger partial charge in [-0.05, 0) is 42.1 Å². The molecule has 2 amide bonds. The number of nitrogens with one attached hydrogen (secondary N) is 2. The Balaban J connectivity index is 1.60. The van der Waals surface area contributed by atoms with Crippen molar-refractivity contribution in [2.45, 2.75) is 24.1 Å². The van der Waals surface area contributed by atoms with Crippen LogP contribution in [0.25, 0.3) is 0 Å². The first-order chi connectivity index (χ1) is 13.9. The lowest BCUT2D eigenvalue weighted by molar-refractivity contribution is -0.140. The van der Waals surface area contributed by atoms with Gasteiger partial charge in [0, 0.05) is 16.4 Å². The molecular weight excluding hydrogens is 438 g/mol. The van der Waals surface area contributed by atoms with Crippen molar-refractivity contribution >= 4 is 44.8 Å². The highest BCUT2D eigenvalue weighted by Gasteiger charge is 2.34. The van der Waals surface area contributed by atoms with Gasteiger partial charge in [-0.25, -0.2) is 8.42 Å². The number of ether oxygens (including phenoxy) is 1. The number of benzene rings is 1. The van der Waals surface area contributed by atoms with E-state index in [2.05, 4.69) is 10.6 Å². The third-order valence-corrected chi connectivity index (χ3v) is 7.25. The van der Waals surface area contributed by atoms with Crippen molar-refractivity contribution in [2.24, 2.45) is 0 Å². The van der Waals surface area contributed by atoms with E-state index in [1.54, 1.807) is 0 Å². The predicted molar refractivity (Wildman–Crippen MR) is 109 cm³/mol. The molecule has 1 atom stereocenters. The van der Waals surface area contributed by atoms with Crippen LogP contribution in [0.3, 0.4) is 0 Å². The van der Waals surface area contributed by atoms with Crippen molar-refractivity contribution in [3.63, 3.8) is 0 Å². The molecule has 1 saturated heterocycles. The van der Waals surface area contributed by atoms with Gasteiger partial charge in [0.2, 0.25) is 10.0 Å². The Kier molecular flexibility index (Phi) is 7.25. The van der Waals surface area contributed by atoms with Gasteiger partial charge < -0.3 is 15.4 Å². The Morgan fingerprint density at radius 2 is 1.90 bits per heavy atom. The van der Waals surface area contributed by atoms with Crippen LogP contribution in [0.4, 0.5) is 0 Å². The fourth-order valence-electron chi connectivity index (χ4n) is 2.77. The third kappa shape index (κ3) is 5.55. The second kappa shape index (κ2) is 9.68. The molecule has 1 fully saturated rings. The van der Waals surface area contributed by atoms with Crippen LogP contribution in [-0.2, 0) is 30.9 Å². The zero-order chi connectivity index (χ0) is 20.9. The summed E-state index contributed by atoms with van der Waals surface area (Å²) in [7, 11) is -3.84. The summed E-state index contributed by atoms with van der Waals surface area (Å²) < 4.78 is 32.6. The number of rotatable bonds is 6. The summed E-state index contributed by atoms with van der Waals surface area (Å²) in [6, 6.07) is 9.52. The Labute approximate surface area is 177 Å². The average molecular weight is 458 g/mol. The summed E-state index contributed by atoms with van der Waals surface area (Å²) in [4.78, 5) is 25.0. The Bertz CT molecular complexity index is 948. The van der Waals surface area contributed by atoms with Crippen LogP contribution in [0.2, 0.25) is 5.02 Å². The second-order valence-electron chi connectivity index (χ2n) is 6.22. The van der Waals surface area contributed by atoms with Gasteiger partial charge in [0.05, 0.1) is 24.6 Å².